The molecule has 5 heteroatoms. The number of nitrogens with one attached hydrogen (secondary N) is 1. The fourth-order valence-corrected chi connectivity index (χ4v) is 2.74. The van der Waals surface area contributed by atoms with Gasteiger partial charge in [0, 0.05) is 17.6 Å². The van der Waals surface area contributed by atoms with Crippen LogP contribution in [0.5, 0.6) is 0 Å². The van der Waals surface area contributed by atoms with Crippen LogP contribution in [0.1, 0.15) is 23.9 Å². The number of nitrogens with zero attached hydrogens (tertiary/aromatic N) is 3. The standard InChI is InChI=1S/C12H16N4S/c1-3-4-9-11(7-13-2)17-12(16-9)10-5-6-14-8-15-10/h5-6,8,13H,3-4,7H2,1-2H3. The van der Waals surface area contributed by atoms with Crippen LogP contribution in [0.4, 0.5) is 0 Å². The topological polar surface area (TPSA) is 50.7 Å². The predicted molar refractivity (Wildman–Crippen MR) is 69.9 cm³/mol. The Kier molecular flexibility index (Phi) is 4.17. The minimum Gasteiger partial charge on any atom is -0.315 e. The van der Waals surface area contributed by atoms with Crippen molar-refractivity contribution in [2.24, 2.45) is 0 Å². The first-order valence-electron chi connectivity index (χ1n) is 5.74. The number of thiazole rings is 1. The van der Waals surface area contributed by atoms with Gasteiger partial charge in [-0.2, -0.15) is 0 Å². The molecular formula is C12H16N4S. The summed E-state index contributed by atoms with van der Waals surface area (Å²) >= 11 is 1.71. The van der Waals surface area contributed by atoms with Crippen LogP contribution in [0.25, 0.3) is 10.7 Å². The van der Waals surface area contributed by atoms with Crippen molar-refractivity contribution in [1.29, 1.82) is 0 Å². The van der Waals surface area contributed by atoms with Crippen molar-refractivity contribution in [2.75, 3.05) is 7.05 Å². The van der Waals surface area contributed by atoms with E-state index in [4.69, 9.17) is 0 Å². The van der Waals surface area contributed by atoms with Gasteiger partial charge in [0.05, 0.1) is 5.69 Å². The molecule has 0 saturated carbocycles. The molecule has 0 radical (unpaired) electrons. The first kappa shape index (κ1) is 12.1. The van der Waals surface area contributed by atoms with E-state index in [9.17, 15) is 0 Å². The van der Waals surface area contributed by atoms with Gasteiger partial charge in [-0.3, -0.25) is 0 Å². The van der Waals surface area contributed by atoms with Gasteiger partial charge in [0.1, 0.15) is 17.0 Å². The average Bonchev–Trinajstić information content (AvgIpc) is 2.75. The smallest absolute Gasteiger partial charge is 0.142 e. The van der Waals surface area contributed by atoms with Crippen LogP contribution in [0, 0.1) is 0 Å². The number of hydrogen-bond donors (Lipinski definition) is 1. The fourth-order valence-electron chi connectivity index (χ4n) is 1.64. The normalized spacial score (nSPS) is 10.7. The van der Waals surface area contributed by atoms with E-state index in [1.54, 1.807) is 23.9 Å². The maximum Gasteiger partial charge on any atom is 0.142 e. The third kappa shape index (κ3) is 2.87. The summed E-state index contributed by atoms with van der Waals surface area (Å²) in [4.78, 5) is 14.2. The third-order valence-corrected chi connectivity index (χ3v) is 3.52. The van der Waals surface area contributed by atoms with Crippen molar-refractivity contribution >= 4 is 11.3 Å². The lowest BCUT2D eigenvalue weighted by molar-refractivity contribution is 0.798. The van der Waals surface area contributed by atoms with Crippen molar-refractivity contribution in [2.45, 2.75) is 26.3 Å². The van der Waals surface area contributed by atoms with Crippen molar-refractivity contribution in [3.63, 3.8) is 0 Å². The van der Waals surface area contributed by atoms with Gasteiger partial charge < -0.3 is 5.32 Å². The van der Waals surface area contributed by atoms with Crippen molar-refractivity contribution in [3.8, 4) is 10.7 Å². The highest BCUT2D eigenvalue weighted by Gasteiger charge is 2.11. The van der Waals surface area contributed by atoms with Gasteiger partial charge in [-0.25, -0.2) is 15.0 Å². The maximum absolute atomic E-state index is 4.68. The van der Waals surface area contributed by atoms with Crippen LogP contribution in [0.2, 0.25) is 0 Å². The van der Waals surface area contributed by atoms with Crippen molar-refractivity contribution < 1.29 is 0 Å². The summed E-state index contributed by atoms with van der Waals surface area (Å²) < 4.78 is 0. The Labute approximate surface area is 105 Å². The minimum absolute atomic E-state index is 0.873. The number of rotatable bonds is 5. The van der Waals surface area contributed by atoms with E-state index in [-0.39, 0.29) is 0 Å². The summed E-state index contributed by atoms with van der Waals surface area (Å²) in [6, 6.07) is 1.90. The Morgan fingerprint density at radius 1 is 1.41 bits per heavy atom. The van der Waals surface area contributed by atoms with E-state index in [1.165, 1.54) is 10.6 Å². The SMILES string of the molecule is CCCc1nc(-c2ccncn2)sc1CNC. The zero-order chi connectivity index (χ0) is 12.1. The highest BCUT2D eigenvalue weighted by atomic mass is 32.1. The molecule has 2 aromatic rings. The largest absolute Gasteiger partial charge is 0.315 e. The number of aromatic nitrogens is 3. The lowest BCUT2D eigenvalue weighted by Crippen LogP contribution is -2.05. The molecular weight excluding hydrogens is 232 g/mol. The van der Waals surface area contributed by atoms with Gasteiger partial charge in [-0.1, -0.05) is 13.3 Å². The van der Waals surface area contributed by atoms with Crippen LogP contribution in [0.3, 0.4) is 0 Å². The number of aryl methyl sites for hydroxylation is 1. The minimum atomic E-state index is 0.873. The molecule has 0 amide bonds. The highest BCUT2D eigenvalue weighted by molar-refractivity contribution is 7.15. The molecule has 2 rings (SSSR count). The Balaban J connectivity index is 2.33. The Hall–Kier alpha value is -1.33. The van der Waals surface area contributed by atoms with E-state index in [0.29, 0.717) is 0 Å². The second-order valence-electron chi connectivity index (χ2n) is 3.76. The molecule has 1 N–H and O–H groups in total. The van der Waals surface area contributed by atoms with Gasteiger partial charge in [-0.05, 0) is 19.5 Å². The predicted octanol–water partition coefficient (Wildman–Crippen LogP) is 2.27. The zero-order valence-electron chi connectivity index (χ0n) is 10.1. The molecule has 0 saturated heterocycles. The molecule has 0 aliphatic carbocycles. The summed E-state index contributed by atoms with van der Waals surface area (Å²) in [6.07, 6.45) is 5.46. The van der Waals surface area contributed by atoms with E-state index in [1.807, 2.05) is 13.1 Å². The first-order valence-corrected chi connectivity index (χ1v) is 6.56. The highest BCUT2D eigenvalue weighted by Crippen LogP contribution is 2.27. The van der Waals surface area contributed by atoms with Gasteiger partial charge in [0.25, 0.3) is 0 Å². The van der Waals surface area contributed by atoms with Crippen molar-refractivity contribution in [3.05, 3.63) is 29.2 Å². The third-order valence-electron chi connectivity index (χ3n) is 2.40. The molecule has 0 fully saturated rings. The molecule has 2 aromatic heterocycles. The van der Waals surface area contributed by atoms with Crippen LogP contribution in [0.15, 0.2) is 18.6 Å². The van der Waals surface area contributed by atoms with Gasteiger partial charge in [-0.15, -0.1) is 11.3 Å². The molecule has 90 valence electrons. The zero-order valence-corrected chi connectivity index (χ0v) is 10.9. The summed E-state index contributed by atoms with van der Waals surface area (Å²) in [5, 5.41) is 4.17. The number of hydrogen-bond acceptors (Lipinski definition) is 5. The molecule has 17 heavy (non-hydrogen) atoms. The summed E-state index contributed by atoms with van der Waals surface area (Å²) in [5.74, 6) is 0. The fraction of sp³-hybridized carbons (Fsp3) is 0.417. The molecule has 0 aliphatic heterocycles. The second kappa shape index (κ2) is 5.84. The molecule has 0 atom stereocenters. The summed E-state index contributed by atoms with van der Waals surface area (Å²) in [7, 11) is 1.96. The van der Waals surface area contributed by atoms with Crippen LogP contribution in [-0.4, -0.2) is 22.0 Å². The maximum atomic E-state index is 4.68. The Morgan fingerprint density at radius 2 is 2.29 bits per heavy atom. The van der Waals surface area contributed by atoms with Crippen LogP contribution < -0.4 is 5.32 Å². The molecule has 0 bridgehead atoms. The average molecular weight is 248 g/mol. The second-order valence-corrected chi connectivity index (χ2v) is 4.85. The molecule has 2 heterocycles. The lowest BCUT2D eigenvalue weighted by atomic mass is 10.2. The molecule has 4 nitrogen and oxygen atoms in total. The monoisotopic (exact) mass is 248 g/mol. The Bertz CT molecular complexity index is 443. The van der Waals surface area contributed by atoms with Gasteiger partial charge in [0.15, 0.2) is 0 Å². The van der Waals surface area contributed by atoms with Crippen molar-refractivity contribution in [1.82, 2.24) is 20.3 Å². The Morgan fingerprint density at radius 3 is 2.94 bits per heavy atom. The van der Waals surface area contributed by atoms with Gasteiger partial charge >= 0.3 is 0 Å². The lowest BCUT2D eigenvalue weighted by Gasteiger charge is -1.98. The molecule has 0 unspecified atom stereocenters. The molecule has 0 spiro atoms. The molecule has 0 aliphatic rings. The van der Waals surface area contributed by atoms with Crippen LogP contribution >= 0.6 is 11.3 Å². The quantitative estimate of drug-likeness (QED) is 0.882. The van der Waals surface area contributed by atoms with E-state index in [0.717, 1.165) is 30.1 Å². The molecule has 0 aromatic carbocycles. The van der Waals surface area contributed by atoms with Gasteiger partial charge in [0.2, 0.25) is 0 Å². The first-order chi connectivity index (χ1) is 8.35. The van der Waals surface area contributed by atoms with E-state index >= 15 is 0 Å². The summed E-state index contributed by atoms with van der Waals surface area (Å²) in [5.41, 5.74) is 2.10. The van der Waals surface area contributed by atoms with Crippen LogP contribution in [-0.2, 0) is 13.0 Å². The van der Waals surface area contributed by atoms with E-state index < -0.39 is 0 Å². The summed E-state index contributed by atoms with van der Waals surface area (Å²) in [6.45, 7) is 3.05. The van der Waals surface area contributed by atoms with E-state index in [2.05, 4.69) is 27.2 Å².